The third kappa shape index (κ3) is 5.87. The van der Waals surface area contributed by atoms with Crippen LogP contribution in [0.2, 0.25) is 0 Å². The first-order valence-corrected chi connectivity index (χ1v) is 6.18. The van der Waals surface area contributed by atoms with Gasteiger partial charge in [0.05, 0.1) is 12.2 Å². The fourth-order valence-corrected chi connectivity index (χ4v) is 1.31. The van der Waals surface area contributed by atoms with Crippen LogP contribution in [0.15, 0.2) is 42.0 Å². The molecule has 0 heterocycles. The van der Waals surface area contributed by atoms with Gasteiger partial charge in [0.15, 0.2) is 0 Å². The van der Waals surface area contributed by atoms with Crippen LogP contribution in [0.3, 0.4) is 0 Å². The highest BCUT2D eigenvalue weighted by atomic mass is 16.5. The first-order valence-electron chi connectivity index (χ1n) is 6.18. The van der Waals surface area contributed by atoms with E-state index in [0.29, 0.717) is 5.56 Å². The second kappa shape index (κ2) is 8.90. The van der Waals surface area contributed by atoms with E-state index in [2.05, 4.69) is 17.0 Å². The number of hydrogen-bond donors (Lipinski definition) is 2. The Morgan fingerprint density at radius 2 is 2.00 bits per heavy atom. The Kier molecular flexibility index (Phi) is 6.84. The van der Waals surface area contributed by atoms with Crippen molar-refractivity contribution in [1.29, 1.82) is 0 Å². The average molecular weight is 304 g/mol. The first kappa shape index (κ1) is 16.9. The molecule has 0 spiro atoms. The monoisotopic (exact) mass is 304 g/mol. The summed E-state index contributed by atoms with van der Waals surface area (Å²) in [5, 5.41) is 16.3. The van der Waals surface area contributed by atoms with Gasteiger partial charge < -0.3 is 20.0 Å². The Morgan fingerprint density at radius 3 is 2.68 bits per heavy atom. The number of ether oxygens (including phenoxy) is 1. The van der Waals surface area contributed by atoms with E-state index in [1.807, 2.05) is 5.43 Å². The smallest absolute Gasteiger partial charge is 0.329 e. The number of amides is 2. The summed E-state index contributed by atoms with van der Waals surface area (Å²) in [4.78, 5) is 33.0. The lowest BCUT2D eigenvalue weighted by atomic mass is 10.2. The molecule has 0 atom stereocenters. The van der Waals surface area contributed by atoms with Crippen LogP contribution in [0.4, 0.5) is 0 Å². The molecule has 0 aliphatic heterocycles. The van der Waals surface area contributed by atoms with Gasteiger partial charge in [-0.15, -0.1) is 6.58 Å². The number of aliphatic carboxylic acids is 1. The number of hydrogen-bond acceptors (Lipinski definition) is 6. The summed E-state index contributed by atoms with van der Waals surface area (Å²) in [7, 11) is 0. The summed E-state index contributed by atoms with van der Waals surface area (Å²) < 4.78 is 5.00. The van der Waals surface area contributed by atoms with Gasteiger partial charge in [-0.25, -0.2) is 5.43 Å². The molecular weight excluding hydrogens is 290 g/mol. The molecule has 8 nitrogen and oxygen atoms in total. The minimum absolute atomic E-state index is 0.163. The number of carbonyl (C=O) groups excluding carboxylic acids is 3. The van der Waals surface area contributed by atoms with E-state index in [0.717, 1.165) is 0 Å². The molecule has 1 aromatic carbocycles. The normalized spacial score (nSPS) is 10.0. The van der Waals surface area contributed by atoms with Gasteiger partial charge in [0, 0.05) is 12.1 Å². The van der Waals surface area contributed by atoms with Gasteiger partial charge in [-0.1, -0.05) is 18.2 Å². The fraction of sp³-hybridized carbons (Fsp3) is 0.143. The number of para-hydroxylation sites is 1. The average Bonchev–Trinajstić information content (AvgIpc) is 2.51. The van der Waals surface area contributed by atoms with Crippen LogP contribution in [0, 0.1) is 0 Å². The van der Waals surface area contributed by atoms with E-state index in [1.54, 1.807) is 18.2 Å². The molecule has 1 aromatic rings. The maximum atomic E-state index is 11.4. The summed E-state index contributed by atoms with van der Waals surface area (Å²) in [6.45, 7) is 2.95. The van der Waals surface area contributed by atoms with Crippen LogP contribution in [0.1, 0.15) is 5.56 Å². The van der Waals surface area contributed by atoms with E-state index in [1.165, 1.54) is 18.4 Å². The molecule has 116 valence electrons. The van der Waals surface area contributed by atoms with Crippen LogP contribution in [-0.2, 0) is 14.4 Å². The molecule has 0 bridgehead atoms. The number of carboxylic acid groups (broad SMARTS) is 1. The zero-order chi connectivity index (χ0) is 16.4. The standard InChI is InChI=1S/C14H15N3O5/c1-2-7-15-13(20)14(21)17-16-8-10-5-3-4-6-11(10)22-9-12(18)19/h2-6,8H,1,7,9H2,(H,15,20)(H,17,21)(H,18,19)/p-1/b16-8-. The van der Waals surface area contributed by atoms with Gasteiger partial charge in [0.1, 0.15) is 12.4 Å². The predicted octanol–water partition coefficient (Wildman–Crippen LogP) is -1.43. The summed E-state index contributed by atoms with van der Waals surface area (Å²) in [6.07, 6.45) is 2.66. The number of hydrazone groups is 1. The number of benzene rings is 1. The zero-order valence-corrected chi connectivity index (χ0v) is 11.6. The van der Waals surface area contributed by atoms with Crippen molar-refractivity contribution in [1.82, 2.24) is 10.7 Å². The minimum Gasteiger partial charge on any atom is -0.546 e. The molecule has 0 unspecified atom stereocenters. The van der Waals surface area contributed by atoms with E-state index < -0.39 is 24.4 Å². The van der Waals surface area contributed by atoms with Crippen molar-refractivity contribution in [2.75, 3.05) is 13.2 Å². The van der Waals surface area contributed by atoms with Crippen LogP contribution in [0.5, 0.6) is 5.75 Å². The van der Waals surface area contributed by atoms with Crippen molar-refractivity contribution < 1.29 is 24.2 Å². The Morgan fingerprint density at radius 1 is 1.27 bits per heavy atom. The van der Waals surface area contributed by atoms with Gasteiger partial charge in [-0.05, 0) is 12.1 Å². The molecule has 1 rings (SSSR count). The van der Waals surface area contributed by atoms with Gasteiger partial charge in [0.2, 0.25) is 0 Å². The fourth-order valence-electron chi connectivity index (χ4n) is 1.31. The third-order valence-corrected chi connectivity index (χ3v) is 2.25. The maximum Gasteiger partial charge on any atom is 0.329 e. The Bertz CT molecular complexity index is 598. The van der Waals surface area contributed by atoms with Gasteiger partial charge in [0.25, 0.3) is 0 Å². The number of nitrogens with zero attached hydrogens (tertiary/aromatic N) is 1. The van der Waals surface area contributed by atoms with E-state index in [9.17, 15) is 19.5 Å². The molecule has 0 saturated carbocycles. The molecule has 0 aromatic heterocycles. The molecule has 0 saturated heterocycles. The lowest BCUT2D eigenvalue weighted by molar-refractivity contribution is -0.307. The van der Waals surface area contributed by atoms with Gasteiger partial charge in [-0.2, -0.15) is 5.10 Å². The summed E-state index contributed by atoms with van der Waals surface area (Å²) in [5.74, 6) is -2.90. The van der Waals surface area contributed by atoms with E-state index in [4.69, 9.17) is 4.74 Å². The molecular formula is C14H14N3O5-. The molecule has 0 aliphatic carbocycles. The van der Waals surface area contributed by atoms with Crippen LogP contribution in [0.25, 0.3) is 0 Å². The van der Waals surface area contributed by atoms with Crippen LogP contribution >= 0.6 is 0 Å². The largest absolute Gasteiger partial charge is 0.546 e. The highest BCUT2D eigenvalue weighted by molar-refractivity contribution is 6.35. The zero-order valence-electron chi connectivity index (χ0n) is 11.6. The third-order valence-electron chi connectivity index (χ3n) is 2.25. The number of nitrogens with one attached hydrogen (secondary N) is 2. The van der Waals surface area contributed by atoms with E-state index in [-0.39, 0.29) is 12.3 Å². The summed E-state index contributed by atoms with van der Waals surface area (Å²) >= 11 is 0. The SMILES string of the molecule is C=CCNC(=O)C(=O)N/N=C\c1ccccc1OCC(=O)[O-]. The molecule has 0 aliphatic rings. The van der Waals surface area contributed by atoms with E-state index >= 15 is 0 Å². The number of carbonyl (C=O) groups is 3. The second-order valence-corrected chi connectivity index (χ2v) is 3.90. The topological polar surface area (TPSA) is 120 Å². The Labute approximate surface area is 126 Å². The second-order valence-electron chi connectivity index (χ2n) is 3.90. The van der Waals surface area contributed by atoms with Crippen LogP contribution in [-0.4, -0.2) is 37.1 Å². The predicted molar refractivity (Wildman–Crippen MR) is 75.9 cm³/mol. The van der Waals surface area contributed by atoms with Crippen molar-refractivity contribution in [2.45, 2.75) is 0 Å². The van der Waals surface area contributed by atoms with Crippen molar-refractivity contribution in [3.8, 4) is 5.75 Å². The number of rotatable bonds is 7. The Hall–Kier alpha value is -3.16. The molecule has 2 N–H and O–H groups in total. The minimum atomic E-state index is -1.36. The van der Waals surface area contributed by atoms with Crippen molar-refractivity contribution >= 4 is 24.0 Å². The molecule has 22 heavy (non-hydrogen) atoms. The Balaban J connectivity index is 2.62. The van der Waals surface area contributed by atoms with Crippen LogP contribution < -0.4 is 20.6 Å². The number of carboxylic acids is 1. The highest BCUT2D eigenvalue weighted by Gasteiger charge is 2.10. The maximum absolute atomic E-state index is 11.4. The molecule has 0 radical (unpaired) electrons. The quantitative estimate of drug-likeness (QED) is 0.277. The highest BCUT2D eigenvalue weighted by Crippen LogP contribution is 2.15. The first-order chi connectivity index (χ1) is 10.5. The van der Waals surface area contributed by atoms with Gasteiger partial charge in [-0.3, -0.25) is 9.59 Å². The van der Waals surface area contributed by atoms with Crippen molar-refractivity contribution in [3.63, 3.8) is 0 Å². The lowest BCUT2D eigenvalue weighted by Crippen LogP contribution is -2.37. The molecule has 8 heteroatoms. The summed E-state index contributed by atoms with van der Waals surface area (Å²) in [6, 6.07) is 6.44. The van der Waals surface area contributed by atoms with Crippen molar-refractivity contribution in [3.05, 3.63) is 42.5 Å². The van der Waals surface area contributed by atoms with Crippen molar-refractivity contribution in [2.24, 2.45) is 5.10 Å². The molecule has 0 fully saturated rings. The summed E-state index contributed by atoms with van der Waals surface area (Å²) in [5.41, 5.74) is 2.46. The molecule has 2 amide bonds. The lowest BCUT2D eigenvalue weighted by Gasteiger charge is -2.08. The van der Waals surface area contributed by atoms with Gasteiger partial charge >= 0.3 is 11.8 Å².